The van der Waals surface area contributed by atoms with E-state index in [2.05, 4.69) is 10.3 Å². The number of halogens is 2. The van der Waals surface area contributed by atoms with Gasteiger partial charge < -0.3 is 10.1 Å². The summed E-state index contributed by atoms with van der Waals surface area (Å²) in [6, 6.07) is 7.13. The first-order valence-electron chi connectivity index (χ1n) is 6.25. The molecule has 1 aromatic carbocycles. The van der Waals surface area contributed by atoms with Crippen molar-refractivity contribution in [2.75, 3.05) is 7.05 Å². The van der Waals surface area contributed by atoms with Crippen LogP contribution in [0.1, 0.15) is 16.8 Å². The molecule has 5 heteroatoms. The van der Waals surface area contributed by atoms with Crippen LogP contribution in [-0.2, 0) is 6.54 Å². The first-order chi connectivity index (χ1) is 9.49. The monoisotopic (exact) mass is 310 g/mol. The number of aryl methyl sites for hydroxylation is 2. The second-order valence-corrected chi connectivity index (χ2v) is 5.47. The van der Waals surface area contributed by atoms with Crippen molar-refractivity contribution in [2.24, 2.45) is 0 Å². The maximum atomic E-state index is 5.98. The van der Waals surface area contributed by atoms with Crippen molar-refractivity contribution in [3.63, 3.8) is 0 Å². The van der Waals surface area contributed by atoms with E-state index in [0.717, 1.165) is 16.8 Å². The van der Waals surface area contributed by atoms with Gasteiger partial charge in [0.05, 0.1) is 0 Å². The predicted octanol–water partition coefficient (Wildman–Crippen LogP) is 4.52. The lowest BCUT2D eigenvalue weighted by molar-refractivity contribution is 0.452. The van der Waals surface area contributed by atoms with Crippen LogP contribution in [0.15, 0.2) is 24.3 Å². The van der Waals surface area contributed by atoms with Gasteiger partial charge in [0, 0.05) is 27.8 Å². The Balaban J connectivity index is 2.41. The highest BCUT2D eigenvalue weighted by atomic mass is 35.5. The number of rotatable bonds is 4. The smallest absolute Gasteiger partial charge is 0.224 e. The summed E-state index contributed by atoms with van der Waals surface area (Å²) >= 11 is 12.0. The molecule has 1 aromatic heterocycles. The molecule has 106 valence electrons. The van der Waals surface area contributed by atoms with Crippen LogP contribution < -0.4 is 10.1 Å². The molecule has 0 unspecified atom stereocenters. The van der Waals surface area contributed by atoms with E-state index >= 15 is 0 Å². The molecule has 3 nitrogen and oxygen atoms in total. The number of aromatic nitrogens is 1. The van der Waals surface area contributed by atoms with Crippen LogP contribution in [0.25, 0.3) is 0 Å². The van der Waals surface area contributed by atoms with Crippen LogP contribution in [0.3, 0.4) is 0 Å². The highest BCUT2D eigenvalue weighted by Crippen LogP contribution is 2.30. The number of ether oxygens (including phenoxy) is 1. The third kappa shape index (κ3) is 3.63. The second kappa shape index (κ2) is 6.44. The Labute approximate surface area is 128 Å². The minimum atomic E-state index is 0.534. The second-order valence-electron chi connectivity index (χ2n) is 4.60. The van der Waals surface area contributed by atoms with Gasteiger partial charge in [0.1, 0.15) is 5.75 Å². The van der Waals surface area contributed by atoms with Crippen molar-refractivity contribution in [1.29, 1.82) is 0 Å². The van der Waals surface area contributed by atoms with Crippen LogP contribution in [0.4, 0.5) is 0 Å². The Morgan fingerprint density at radius 2 is 1.75 bits per heavy atom. The van der Waals surface area contributed by atoms with Crippen molar-refractivity contribution in [2.45, 2.75) is 20.4 Å². The number of hydrogen-bond donors (Lipinski definition) is 1. The number of nitrogens with one attached hydrogen (secondary N) is 1. The summed E-state index contributed by atoms with van der Waals surface area (Å²) < 4.78 is 5.87. The van der Waals surface area contributed by atoms with Gasteiger partial charge in [-0.15, -0.1) is 0 Å². The number of nitrogens with zero attached hydrogens (tertiary/aromatic N) is 1. The average Bonchev–Trinajstić information content (AvgIpc) is 2.32. The molecule has 0 radical (unpaired) electrons. The van der Waals surface area contributed by atoms with Crippen molar-refractivity contribution in [1.82, 2.24) is 10.3 Å². The van der Waals surface area contributed by atoms with Gasteiger partial charge in [-0.3, -0.25) is 0 Å². The van der Waals surface area contributed by atoms with Gasteiger partial charge in [-0.25, -0.2) is 4.98 Å². The van der Waals surface area contributed by atoms with Gasteiger partial charge in [-0.2, -0.15) is 0 Å². The molecule has 0 fully saturated rings. The molecule has 1 N–H and O–H groups in total. The van der Waals surface area contributed by atoms with Gasteiger partial charge in [-0.1, -0.05) is 23.2 Å². The minimum absolute atomic E-state index is 0.534. The van der Waals surface area contributed by atoms with E-state index in [1.165, 1.54) is 0 Å². The number of benzene rings is 1. The summed E-state index contributed by atoms with van der Waals surface area (Å²) in [5, 5.41) is 4.19. The molecule has 0 saturated carbocycles. The molecule has 0 aliphatic rings. The van der Waals surface area contributed by atoms with E-state index < -0.39 is 0 Å². The topological polar surface area (TPSA) is 34.2 Å². The summed E-state index contributed by atoms with van der Waals surface area (Å²) in [5.74, 6) is 1.16. The van der Waals surface area contributed by atoms with Crippen molar-refractivity contribution in [3.8, 4) is 11.6 Å². The maximum absolute atomic E-state index is 5.98. The van der Waals surface area contributed by atoms with Crippen LogP contribution >= 0.6 is 23.2 Å². The minimum Gasteiger partial charge on any atom is -0.439 e. The van der Waals surface area contributed by atoms with Crippen LogP contribution in [0.5, 0.6) is 11.6 Å². The normalized spacial score (nSPS) is 10.7. The Bertz CT molecular complexity index is 609. The van der Waals surface area contributed by atoms with Crippen molar-refractivity contribution in [3.05, 3.63) is 51.1 Å². The van der Waals surface area contributed by atoms with E-state index in [4.69, 9.17) is 27.9 Å². The summed E-state index contributed by atoms with van der Waals surface area (Å²) in [5.41, 5.74) is 3.06. The van der Waals surface area contributed by atoms with Crippen LogP contribution in [0.2, 0.25) is 10.0 Å². The predicted molar refractivity (Wildman–Crippen MR) is 83.0 cm³/mol. The molecule has 0 saturated heterocycles. The molecule has 0 spiro atoms. The van der Waals surface area contributed by atoms with E-state index in [0.29, 0.717) is 28.2 Å². The zero-order chi connectivity index (χ0) is 14.7. The van der Waals surface area contributed by atoms with Gasteiger partial charge in [0.15, 0.2) is 0 Å². The fourth-order valence-corrected chi connectivity index (χ4v) is 2.51. The fourth-order valence-electron chi connectivity index (χ4n) is 2.00. The molecule has 0 amide bonds. The highest BCUT2D eigenvalue weighted by Gasteiger charge is 2.11. The first-order valence-corrected chi connectivity index (χ1v) is 7.01. The average molecular weight is 311 g/mol. The SMILES string of the molecule is CNCc1c(C)cc(C)nc1Oc1cc(Cl)cc(Cl)c1. The fraction of sp³-hybridized carbons (Fsp3) is 0.267. The molecule has 2 rings (SSSR count). The third-order valence-electron chi connectivity index (χ3n) is 2.84. The summed E-state index contributed by atoms with van der Waals surface area (Å²) in [6.45, 7) is 4.66. The molecular formula is C15H16Cl2N2O. The summed E-state index contributed by atoms with van der Waals surface area (Å²) in [4.78, 5) is 4.46. The molecule has 1 heterocycles. The van der Waals surface area contributed by atoms with E-state index in [-0.39, 0.29) is 0 Å². The number of pyridine rings is 1. The Morgan fingerprint density at radius 3 is 2.35 bits per heavy atom. The van der Waals surface area contributed by atoms with Gasteiger partial charge >= 0.3 is 0 Å². The standard InChI is InChI=1S/C15H16Cl2N2O/c1-9-4-10(2)19-15(14(9)8-18-3)20-13-6-11(16)5-12(17)7-13/h4-7,18H,8H2,1-3H3. The number of hydrogen-bond acceptors (Lipinski definition) is 3. The largest absolute Gasteiger partial charge is 0.439 e. The van der Waals surface area contributed by atoms with Crippen molar-refractivity contribution < 1.29 is 4.74 Å². The van der Waals surface area contributed by atoms with E-state index in [9.17, 15) is 0 Å². The zero-order valence-electron chi connectivity index (χ0n) is 11.6. The van der Waals surface area contributed by atoms with Crippen LogP contribution in [0, 0.1) is 13.8 Å². The third-order valence-corrected chi connectivity index (χ3v) is 3.28. The summed E-state index contributed by atoms with van der Waals surface area (Å²) in [7, 11) is 1.89. The summed E-state index contributed by atoms with van der Waals surface area (Å²) in [6.07, 6.45) is 0. The molecular weight excluding hydrogens is 295 g/mol. The van der Waals surface area contributed by atoms with Crippen molar-refractivity contribution >= 4 is 23.2 Å². The van der Waals surface area contributed by atoms with Gasteiger partial charge in [-0.05, 0) is 50.7 Å². The van der Waals surface area contributed by atoms with Gasteiger partial charge in [0.25, 0.3) is 0 Å². The molecule has 0 atom stereocenters. The quantitative estimate of drug-likeness (QED) is 0.901. The lowest BCUT2D eigenvalue weighted by Gasteiger charge is -2.14. The van der Waals surface area contributed by atoms with E-state index in [1.54, 1.807) is 18.2 Å². The zero-order valence-corrected chi connectivity index (χ0v) is 13.1. The van der Waals surface area contributed by atoms with Gasteiger partial charge in [0.2, 0.25) is 5.88 Å². The maximum Gasteiger partial charge on any atom is 0.224 e. The van der Waals surface area contributed by atoms with E-state index in [1.807, 2.05) is 27.0 Å². The Kier molecular flexibility index (Phi) is 4.86. The lowest BCUT2D eigenvalue weighted by Crippen LogP contribution is -2.09. The lowest BCUT2D eigenvalue weighted by atomic mass is 10.1. The molecule has 2 aromatic rings. The molecule has 0 aliphatic heterocycles. The Hall–Kier alpha value is -1.29. The van der Waals surface area contributed by atoms with Crippen LogP contribution in [-0.4, -0.2) is 12.0 Å². The first kappa shape index (κ1) is 15.1. The molecule has 20 heavy (non-hydrogen) atoms. The Morgan fingerprint density at radius 1 is 1.10 bits per heavy atom. The highest BCUT2D eigenvalue weighted by molar-refractivity contribution is 6.34. The molecule has 0 aliphatic carbocycles. The molecule has 0 bridgehead atoms.